The SMILES string of the molecule is CN(C)CC1CCCN1CCCC(C)(C)C(N)=S. The Morgan fingerprint density at radius 3 is 2.67 bits per heavy atom. The molecule has 1 fully saturated rings. The summed E-state index contributed by atoms with van der Waals surface area (Å²) in [6, 6.07) is 0.743. The van der Waals surface area contributed by atoms with E-state index >= 15 is 0 Å². The molecule has 1 atom stereocenters. The van der Waals surface area contributed by atoms with E-state index in [9.17, 15) is 0 Å². The minimum Gasteiger partial charge on any atom is -0.393 e. The molecule has 0 aromatic rings. The van der Waals surface area contributed by atoms with E-state index in [0.29, 0.717) is 4.99 Å². The van der Waals surface area contributed by atoms with Crippen LogP contribution in [0.3, 0.4) is 0 Å². The Hall–Kier alpha value is -0.190. The van der Waals surface area contributed by atoms with Crippen molar-refractivity contribution in [1.82, 2.24) is 9.80 Å². The van der Waals surface area contributed by atoms with Gasteiger partial charge in [0.1, 0.15) is 0 Å². The molecule has 4 heteroatoms. The number of hydrogen-bond acceptors (Lipinski definition) is 3. The predicted octanol–water partition coefficient (Wildman–Crippen LogP) is 2.10. The van der Waals surface area contributed by atoms with Crippen molar-refractivity contribution >= 4 is 17.2 Å². The molecule has 0 radical (unpaired) electrons. The Morgan fingerprint density at radius 1 is 1.44 bits per heavy atom. The molecule has 1 rings (SSSR count). The normalized spacial score (nSPS) is 21.7. The van der Waals surface area contributed by atoms with Crippen LogP contribution in [-0.2, 0) is 0 Å². The fourth-order valence-corrected chi connectivity index (χ4v) is 2.77. The van der Waals surface area contributed by atoms with Crippen molar-refractivity contribution in [1.29, 1.82) is 0 Å². The molecule has 2 N–H and O–H groups in total. The van der Waals surface area contributed by atoms with Crippen LogP contribution in [0.1, 0.15) is 39.5 Å². The number of rotatable bonds is 7. The zero-order valence-electron chi connectivity index (χ0n) is 12.4. The van der Waals surface area contributed by atoms with Gasteiger partial charge in [-0.05, 0) is 52.9 Å². The van der Waals surface area contributed by atoms with Gasteiger partial charge in [-0.25, -0.2) is 0 Å². The topological polar surface area (TPSA) is 32.5 Å². The highest BCUT2D eigenvalue weighted by Crippen LogP contribution is 2.24. The number of likely N-dealkylation sites (tertiary alicyclic amines) is 1. The van der Waals surface area contributed by atoms with E-state index in [0.717, 1.165) is 12.5 Å². The molecule has 0 bridgehead atoms. The van der Waals surface area contributed by atoms with Gasteiger partial charge in [0.2, 0.25) is 0 Å². The van der Waals surface area contributed by atoms with Crippen molar-refractivity contribution in [3.63, 3.8) is 0 Å². The molecule has 0 amide bonds. The van der Waals surface area contributed by atoms with Gasteiger partial charge >= 0.3 is 0 Å². The van der Waals surface area contributed by atoms with Crippen LogP contribution < -0.4 is 5.73 Å². The molecular weight excluding hydrogens is 242 g/mol. The van der Waals surface area contributed by atoms with E-state index in [1.807, 2.05) is 0 Å². The molecule has 0 aromatic carbocycles. The van der Waals surface area contributed by atoms with Gasteiger partial charge in [0.05, 0.1) is 4.99 Å². The summed E-state index contributed by atoms with van der Waals surface area (Å²) in [5.41, 5.74) is 5.77. The second kappa shape index (κ2) is 6.83. The molecule has 1 aliphatic rings. The summed E-state index contributed by atoms with van der Waals surface area (Å²) in [5, 5.41) is 0. The van der Waals surface area contributed by atoms with Crippen molar-refractivity contribution in [3.8, 4) is 0 Å². The van der Waals surface area contributed by atoms with E-state index in [-0.39, 0.29) is 5.41 Å². The monoisotopic (exact) mass is 271 g/mol. The van der Waals surface area contributed by atoms with Gasteiger partial charge in [-0.1, -0.05) is 26.1 Å². The molecule has 0 aromatic heterocycles. The Labute approximate surface area is 118 Å². The van der Waals surface area contributed by atoms with Crippen LogP contribution in [0.25, 0.3) is 0 Å². The third-order valence-corrected chi connectivity index (χ3v) is 4.54. The lowest BCUT2D eigenvalue weighted by Gasteiger charge is -2.29. The molecule has 106 valence electrons. The summed E-state index contributed by atoms with van der Waals surface area (Å²) >= 11 is 5.12. The maximum absolute atomic E-state index is 5.77. The van der Waals surface area contributed by atoms with E-state index in [1.54, 1.807) is 0 Å². The first-order valence-corrected chi connectivity index (χ1v) is 7.42. The minimum absolute atomic E-state index is 0.00605. The highest BCUT2D eigenvalue weighted by molar-refractivity contribution is 7.80. The van der Waals surface area contributed by atoms with Crippen LogP contribution in [0.2, 0.25) is 0 Å². The Balaban J connectivity index is 2.32. The van der Waals surface area contributed by atoms with E-state index in [1.165, 1.54) is 38.9 Å². The molecular formula is C14H29N3S. The molecule has 0 spiro atoms. The first kappa shape index (κ1) is 15.9. The minimum atomic E-state index is 0.00605. The van der Waals surface area contributed by atoms with Crippen molar-refractivity contribution in [2.24, 2.45) is 11.1 Å². The molecule has 0 aliphatic carbocycles. The zero-order valence-corrected chi connectivity index (χ0v) is 13.2. The van der Waals surface area contributed by atoms with Gasteiger partial charge in [-0.2, -0.15) is 0 Å². The van der Waals surface area contributed by atoms with Crippen molar-refractivity contribution in [2.45, 2.75) is 45.6 Å². The maximum Gasteiger partial charge on any atom is 0.0784 e. The van der Waals surface area contributed by atoms with Crippen LogP contribution in [-0.4, -0.2) is 54.6 Å². The molecule has 3 nitrogen and oxygen atoms in total. The third-order valence-electron chi connectivity index (χ3n) is 3.99. The van der Waals surface area contributed by atoms with Crippen LogP contribution >= 0.6 is 12.2 Å². The van der Waals surface area contributed by atoms with Crippen LogP contribution in [0.15, 0.2) is 0 Å². The van der Waals surface area contributed by atoms with Crippen LogP contribution in [0, 0.1) is 5.41 Å². The zero-order chi connectivity index (χ0) is 13.8. The largest absolute Gasteiger partial charge is 0.393 e. The first-order valence-electron chi connectivity index (χ1n) is 7.01. The number of likely N-dealkylation sites (N-methyl/N-ethyl adjacent to an activating group) is 1. The third kappa shape index (κ3) is 4.82. The van der Waals surface area contributed by atoms with Crippen molar-refractivity contribution in [2.75, 3.05) is 33.7 Å². The number of nitrogens with two attached hydrogens (primary N) is 1. The number of nitrogens with zero attached hydrogens (tertiary/aromatic N) is 2. The van der Waals surface area contributed by atoms with Gasteiger partial charge < -0.3 is 10.6 Å². The van der Waals surface area contributed by atoms with Crippen LogP contribution in [0.4, 0.5) is 0 Å². The lowest BCUT2D eigenvalue weighted by atomic mass is 9.88. The van der Waals surface area contributed by atoms with Gasteiger partial charge in [-0.3, -0.25) is 4.90 Å². The Bertz CT molecular complexity index is 276. The molecule has 1 saturated heterocycles. The fraction of sp³-hybridized carbons (Fsp3) is 0.929. The van der Waals surface area contributed by atoms with Gasteiger partial charge in [0, 0.05) is 18.0 Å². The number of thiocarbonyl (C=S) groups is 1. The quantitative estimate of drug-likeness (QED) is 0.719. The molecule has 1 unspecified atom stereocenters. The van der Waals surface area contributed by atoms with Gasteiger partial charge in [-0.15, -0.1) is 0 Å². The van der Waals surface area contributed by atoms with E-state index in [4.69, 9.17) is 18.0 Å². The molecule has 1 heterocycles. The predicted molar refractivity (Wildman–Crippen MR) is 82.9 cm³/mol. The second-order valence-electron chi connectivity index (χ2n) is 6.45. The van der Waals surface area contributed by atoms with E-state index in [2.05, 4.69) is 37.7 Å². The van der Waals surface area contributed by atoms with Crippen molar-refractivity contribution < 1.29 is 0 Å². The fourth-order valence-electron chi connectivity index (χ4n) is 2.67. The summed E-state index contributed by atoms with van der Waals surface area (Å²) < 4.78 is 0. The van der Waals surface area contributed by atoms with Gasteiger partial charge in [0.25, 0.3) is 0 Å². The summed E-state index contributed by atoms with van der Waals surface area (Å²) in [7, 11) is 4.32. The van der Waals surface area contributed by atoms with E-state index < -0.39 is 0 Å². The molecule has 18 heavy (non-hydrogen) atoms. The standard InChI is InChI=1S/C14H29N3S/c1-14(2,13(15)18)8-6-10-17-9-5-7-12(17)11-16(3)4/h12H,5-11H2,1-4H3,(H2,15,18). The second-order valence-corrected chi connectivity index (χ2v) is 6.89. The highest BCUT2D eigenvalue weighted by Gasteiger charge is 2.26. The summed E-state index contributed by atoms with van der Waals surface area (Å²) in [4.78, 5) is 5.58. The maximum atomic E-state index is 5.77. The average molecular weight is 271 g/mol. The summed E-state index contributed by atoms with van der Waals surface area (Å²) in [6.45, 7) is 7.92. The average Bonchev–Trinajstić information content (AvgIpc) is 2.64. The molecule has 0 saturated carbocycles. The van der Waals surface area contributed by atoms with Gasteiger partial charge in [0.15, 0.2) is 0 Å². The lowest BCUT2D eigenvalue weighted by Crippen LogP contribution is -2.38. The first-order chi connectivity index (χ1) is 8.33. The Morgan fingerprint density at radius 2 is 2.11 bits per heavy atom. The Kier molecular flexibility index (Phi) is 6.02. The lowest BCUT2D eigenvalue weighted by molar-refractivity contribution is 0.200. The number of hydrogen-bond donors (Lipinski definition) is 1. The van der Waals surface area contributed by atoms with Crippen molar-refractivity contribution in [3.05, 3.63) is 0 Å². The summed E-state index contributed by atoms with van der Waals surface area (Å²) in [6.07, 6.45) is 4.97. The molecule has 1 aliphatic heterocycles. The highest BCUT2D eigenvalue weighted by atomic mass is 32.1. The van der Waals surface area contributed by atoms with Crippen LogP contribution in [0.5, 0.6) is 0 Å². The summed E-state index contributed by atoms with van der Waals surface area (Å²) in [5.74, 6) is 0. The smallest absolute Gasteiger partial charge is 0.0784 e.